The summed E-state index contributed by atoms with van der Waals surface area (Å²) in [6.07, 6.45) is 0.658. The molecule has 2 N–H and O–H groups in total. The van der Waals surface area contributed by atoms with Crippen molar-refractivity contribution in [3.05, 3.63) is 33.0 Å². The van der Waals surface area contributed by atoms with Crippen LogP contribution in [-0.2, 0) is 16.0 Å². The molecule has 2 heterocycles. The first kappa shape index (κ1) is 19.7. The van der Waals surface area contributed by atoms with Gasteiger partial charge in [-0.25, -0.2) is 4.98 Å². The summed E-state index contributed by atoms with van der Waals surface area (Å²) in [5.74, 6) is -0.970. The van der Waals surface area contributed by atoms with E-state index in [4.69, 9.17) is 4.74 Å². The minimum absolute atomic E-state index is 0.108. The quantitative estimate of drug-likeness (QED) is 0.688. The van der Waals surface area contributed by atoms with Gasteiger partial charge in [-0.15, -0.1) is 0 Å². The third-order valence-electron chi connectivity index (χ3n) is 4.05. The Morgan fingerprint density at radius 3 is 2.89 bits per heavy atom. The van der Waals surface area contributed by atoms with Gasteiger partial charge in [-0.3, -0.25) is 19.7 Å². The van der Waals surface area contributed by atoms with Crippen LogP contribution < -0.4 is 10.6 Å². The second kappa shape index (κ2) is 8.73. The molecule has 0 fully saturated rings. The van der Waals surface area contributed by atoms with Gasteiger partial charge in [-0.05, 0) is 25.3 Å². The van der Waals surface area contributed by atoms with Gasteiger partial charge in [0.25, 0.3) is 5.91 Å². The summed E-state index contributed by atoms with van der Waals surface area (Å²) in [7, 11) is 0. The molecule has 144 valence electrons. The molecule has 0 aliphatic heterocycles. The van der Waals surface area contributed by atoms with E-state index in [1.807, 2.05) is 19.2 Å². The van der Waals surface area contributed by atoms with Gasteiger partial charge in [0.1, 0.15) is 0 Å². The van der Waals surface area contributed by atoms with Gasteiger partial charge in [0.2, 0.25) is 5.91 Å². The van der Waals surface area contributed by atoms with Gasteiger partial charge in [0.15, 0.2) is 10.9 Å². The molecule has 0 saturated carbocycles. The summed E-state index contributed by atoms with van der Waals surface area (Å²) < 4.78 is 5.40. The number of Topliss-reactive ketones (excluding diaryl/α,β-unsaturated/α-hetero) is 1. The number of nitrogens with zero attached hydrogens (tertiary/aromatic N) is 1. The van der Waals surface area contributed by atoms with E-state index in [0.717, 1.165) is 0 Å². The fourth-order valence-electron chi connectivity index (χ4n) is 2.75. The van der Waals surface area contributed by atoms with Crippen molar-refractivity contribution in [3.63, 3.8) is 0 Å². The number of carbonyl (C=O) groups is 3. The van der Waals surface area contributed by atoms with Crippen LogP contribution in [0.5, 0.6) is 0 Å². The lowest BCUT2D eigenvalue weighted by atomic mass is 9.89. The number of ketones is 1. The smallest absolute Gasteiger partial charge is 0.258 e. The highest BCUT2D eigenvalue weighted by atomic mass is 32.1. The number of nitrogens with one attached hydrogen (secondary N) is 2. The molecule has 0 bridgehead atoms. The molecule has 1 atom stereocenters. The number of hydrogen-bond donors (Lipinski definition) is 2. The van der Waals surface area contributed by atoms with Crippen molar-refractivity contribution in [2.45, 2.75) is 32.8 Å². The van der Waals surface area contributed by atoms with Crippen LogP contribution in [-0.4, -0.2) is 41.8 Å². The number of anilines is 1. The molecule has 2 aromatic heterocycles. The molecule has 2 aromatic rings. The van der Waals surface area contributed by atoms with Crippen molar-refractivity contribution in [1.29, 1.82) is 0 Å². The Kier molecular flexibility index (Phi) is 6.35. The number of amides is 2. The predicted octanol–water partition coefficient (Wildman–Crippen LogP) is 2.74. The van der Waals surface area contributed by atoms with Crippen molar-refractivity contribution in [3.8, 4) is 0 Å². The van der Waals surface area contributed by atoms with Gasteiger partial charge >= 0.3 is 0 Å². The van der Waals surface area contributed by atoms with E-state index in [1.54, 1.807) is 11.4 Å². The number of ether oxygens (including phenoxy) is 1. The molecule has 0 radical (unpaired) electrons. The molecule has 27 heavy (non-hydrogen) atoms. The molecule has 1 aliphatic rings. The van der Waals surface area contributed by atoms with Crippen molar-refractivity contribution < 1.29 is 19.1 Å². The summed E-state index contributed by atoms with van der Waals surface area (Å²) in [5, 5.41) is 9.48. The molecule has 7 nitrogen and oxygen atoms in total. The molecule has 0 spiro atoms. The lowest BCUT2D eigenvalue weighted by molar-refractivity contribution is -0.125. The Balaban J connectivity index is 1.60. The van der Waals surface area contributed by atoms with E-state index in [2.05, 4.69) is 15.6 Å². The molecule has 2 amide bonds. The van der Waals surface area contributed by atoms with E-state index in [0.29, 0.717) is 40.8 Å². The molecular formula is C18H21N3O4S2. The Bertz CT molecular complexity index is 830. The molecule has 3 rings (SSSR count). The third-order valence-corrected chi connectivity index (χ3v) is 5.79. The van der Waals surface area contributed by atoms with Crippen LogP contribution in [0, 0.1) is 5.92 Å². The van der Waals surface area contributed by atoms with E-state index in [-0.39, 0.29) is 30.1 Å². The zero-order valence-electron chi connectivity index (χ0n) is 15.1. The van der Waals surface area contributed by atoms with E-state index in [1.165, 1.54) is 22.7 Å². The van der Waals surface area contributed by atoms with Crippen LogP contribution in [0.2, 0.25) is 0 Å². The van der Waals surface area contributed by atoms with Crippen molar-refractivity contribution in [2.75, 3.05) is 18.5 Å². The minimum atomic E-state index is -0.438. The normalized spacial score (nSPS) is 16.3. The summed E-state index contributed by atoms with van der Waals surface area (Å²) in [5.41, 5.74) is 1.14. The summed E-state index contributed by atoms with van der Waals surface area (Å²) in [6.45, 7) is 4.71. The van der Waals surface area contributed by atoms with Crippen molar-refractivity contribution in [2.24, 2.45) is 5.92 Å². The topological polar surface area (TPSA) is 97.4 Å². The Morgan fingerprint density at radius 2 is 2.19 bits per heavy atom. The Morgan fingerprint density at radius 1 is 1.37 bits per heavy atom. The number of aromatic nitrogens is 1. The Labute approximate surface area is 165 Å². The van der Waals surface area contributed by atoms with Crippen LogP contribution in [0.4, 0.5) is 5.13 Å². The molecule has 1 aliphatic carbocycles. The van der Waals surface area contributed by atoms with Gasteiger partial charge in [0, 0.05) is 24.8 Å². The van der Waals surface area contributed by atoms with Crippen molar-refractivity contribution >= 4 is 45.4 Å². The lowest BCUT2D eigenvalue weighted by Crippen LogP contribution is -2.37. The first-order valence-electron chi connectivity index (χ1n) is 8.69. The maximum atomic E-state index is 12.4. The van der Waals surface area contributed by atoms with E-state index in [9.17, 15) is 14.4 Å². The van der Waals surface area contributed by atoms with Gasteiger partial charge < -0.3 is 10.1 Å². The summed E-state index contributed by atoms with van der Waals surface area (Å²) in [4.78, 5) is 41.8. The van der Waals surface area contributed by atoms with Crippen molar-refractivity contribution in [1.82, 2.24) is 10.3 Å². The maximum absolute atomic E-state index is 12.4. The summed E-state index contributed by atoms with van der Waals surface area (Å²) >= 11 is 2.60. The molecule has 0 aromatic carbocycles. The number of carbonyl (C=O) groups excluding carboxylic acids is 3. The first-order chi connectivity index (χ1) is 12.9. The monoisotopic (exact) mass is 407 g/mol. The number of thiophene rings is 1. The highest BCUT2D eigenvalue weighted by molar-refractivity contribution is 7.17. The van der Waals surface area contributed by atoms with Crippen LogP contribution in [0.1, 0.15) is 46.0 Å². The number of rotatable bonds is 7. The van der Waals surface area contributed by atoms with Gasteiger partial charge in [0.05, 0.1) is 34.8 Å². The highest BCUT2D eigenvalue weighted by Crippen LogP contribution is 2.32. The lowest BCUT2D eigenvalue weighted by Gasteiger charge is -2.19. The maximum Gasteiger partial charge on any atom is 0.258 e. The second-order valence-electron chi connectivity index (χ2n) is 6.50. The van der Waals surface area contributed by atoms with Crippen LogP contribution in [0.3, 0.4) is 0 Å². The molecular weight excluding hydrogens is 386 g/mol. The number of hydrogen-bond acceptors (Lipinski definition) is 7. The van der Waals surface area contributed by atoms with E-state index >= 15 is 0 Å². The number of fused-ring (bicyclic) bond motifs is 1. The zero-order valence-corrected chi connectivity index (χ0v) is 16.7. The zero-order chi connectivity index (χ0) is 19.4. The fraction of sp³-hybridized carbons (Fsp3) is 0.444. The minimum Gasteiger partial charge on any atom is -0.377 e. The fourth-order valence-corrected chi connectivity index (χ4v) is 4.32. The molecule has 9 heteroatoms. The van der Waals surface area contributed by atoms with Gasteiger partial charge in [-0.2, -0.15) is 11.3 Å². The Hall–Kier alpha value is -2.10. The van der Waals surface area contributed by atoms with Crippen LogP contribution in [0.25, 0.3) is 0 Å². The highest BCUT2D eigenvalue weighted by Gasteiger charge is 2.33. The molecule has 0 saturated heterocycles. The average molecular weight is 408 g/mol. The number of thiazole rings is 1. The second-order valence-corrected chi connectivity index (χ2v) is 8.28. The largest absolute Gasteiger partial charge is 0.377 e. The van der Waals surface area contributed by atoms with Crippen LogP contribution >= 0.6 is 22.7 Å². The third kappa shape index (κ3) is 5.00. The van der Waals surface area contributed by atoms with Crippen LogP contribution in [0.15, 0.2) is 16.8 Å². The van der Waals surface area contributed by atoms with E-state index < -0.39 is 5.92 Å². The predicted molar refractivity (Wildman–Crippen MR) is 105 cm³/mol. The average Bonchev–Trinajstić information content (AvgIpc) is 3.27. The standard InChI is InChI=1S/C18H21N3O4S2/c1-10(2)25-5-4-19-16(23)12-7-13-15(14(22)8-12)27-18(20-13)21-17(24)11-3-6-26-9-11/h3,6,9-10,12H,4-5,7-8H2,1-2H3,(H,19,23)(H,20,21,24). The first-order valence-corrected chi connectivity index (χ1v) is 10.5. The van der Waals surface area contributed by atoms with Gasteiger partial charge in [-0.1, -0.05) is 11.3 Å². The summed E-state index contributed by atoms with van der Waals surface area (Å²) in [6, 6.07) is 1.72. The SMILES string of the molecule is CC(C)OCCNC(=O)C1CC(=O)c2sc(NC(=O)c3ccsc3)nc2C1. The molecule has 1 unspecified atom stereocenters.